The van der Waals surface area contributed by atoms with E-state index in [1.165, 1.54) is 6.21 Å². The highest BCUT2D eigenvalue weighted by atomic mass is 127. The Morgan fingerprint density at radius 1 is 1.14 bits per heavy atom. The second-order valence-corrected chi connectivity index (χ2v) is 5.33. The van der Waals surface area contributed by atoms with Crippen LogP contribution in [0.2, 0.25) is 0 Å². The van der Waals surface area contributed by atoms with Gasteiger partial charge >= 0.3 is 12.0 Å². The number of primary amides is 1. The van der Waals surface area contributed by atoms with Crippen LogP contribution in [0, 0.1) is 3.57 Å². The molecule has 0 saturated heterocycles. The maximum Gasteiger partial charge on any atom is 0.344 e. The monoisotopic (exact) mass is 409 g/mol. The van der Waals surface area contributed by atoms with Crippen LogP contribution in [0.5, 0.6) is 5.75 Å². The number of carbonyl (C=O) groups is 2. The fourth-order valence-corrected chi connectivity index (χ4v) is 2.19. The van der Waals surface area contributed by atoms with Crippen molar-refractivity contribution in [1.29, 1.82) is 0 Å². The van der Waals surface area contributed by atoms with Crippen molar-refractivity contribution in [2.45, 2.75) is 0 Å². The lowest BCUT2D eigenvalue weighted by Crippen LogP contribution is -2.24. The molecule has 6 nitrogen and oxygen atoms in total. The summed E-state index contributed by atoms with van der Waals surface area (Å²) < 4.78 is 6.13. The molecule has 2 aromatic rings. The smallest absolute Gasteiger partial charge is 0.344 e. The van der Waals surface area contributed by atoms with E-state index in [9.17, 15) is 9.59 Å². The molecule has 0 aliphatic rings. The normalized spacial score (nSPS) is 10.4. The number of nitrogens with two attached hydrogens (primary N) is 1. The Kier molecular flexibility index (Phi) is 5.48. The third-order valence-electron chi connectivity index (χ3n) is 2.57. The molecule has 3 N–H and O–H groups in total. The first-order valence-corrected chi connectivity index (χ1v) is 7.29. The summed E-state index contributed by atoms with van der Waals surface area (Å²) in [5.74, 6) is 0.00600. The summed E-state index contributed by atoms with van der Waals surface area (Å²) in [6.45, 7) is 0. The number of esters is 1. The number of carbonyl (C=O) groups excluding carboxylic acids is 2. The Bertz CT molecular complexity index is 714. The number of hydrogen-bond donors (Lipinski definition) is 2. The van der Waals surface area contributed by atoms with Gasteiger partial charge in [-0.25, -0.2) is 15.0 Å². The van der Waals surface area contributed by atoms with Gasteiger partial charge < -0.3 is 10.5 Å². The first kappa shape index (κ1) is 16.0. The lowest BCUT2D eigenvalue weighted by molar-refractivity contribution is 0.0733. The molecule has 0 heterocycles. The highest BCUT2D eigenvalue weighted by molar-refractivity contribution is 14.1. The van der Waals surface area contributed by atoms with E-state index < -0.39 is 12.0 Å². The van der Waals surface area contributed by atoms with Crippen LogP contribution in [0.1, 0.15) is 15.9 Å². The summed E-state index contributed by atoms with van der Waals surface area (Å²) in [5, 5.41) is 3.63. The third-order valence-corrected chi connectivity index (χ3v) is 3.51. The highest BCUT2D eigenvalue weighted by Gasteiger charge is 2.11. The van der Waals surface area contributed by atoms with Crippen LogP contribution in [0.4, 0.5) is 4.79 Å². The number of urea groups is 1. The van der Waals surface area contributed by atoms with Gasteiger partial charge in [-0.3, -0.25) is 0 Å². The molecule has 0 radical (unpaired) electrons. The van der Waals surface area contributed by atoms with E-state index in [0.717, 1.165) is 9.13 Å². The first-order valence-electron chi connectivity index (χ1n) is 6.21. The Balaban J connectivity index is 2.02. The first-order chi connectivity index (χ1) is 10.6. The zero-order valence-electron chi connectivity index (χ0n) is 11.3. The number of benzene rings is 2. The molecule has 0 fully saturated rings. The molecular formula is C15H12IN3O3. The van der Waals surface area contributed by atoms with Gasteiger partial charge in [-0.2, -0.15) is 5.10 Å². The largest absolute Gasteiger partial charge is 0.423 e. The fraction of sp³-hybridized carbons (Fsp3) is 0. The Morgan fingerprint density at radius 2 is 1.82 bits per heavy atom. The fourth-order valence-electron chi connectivity index (χ4n) is 1.58. The number of nitrogens with zero attached hydrogens (tertiary/aromatic N) is 1. The van der Waals surface area contributed by atoms with E-state index >= 15 is 0 Å². The minimum absolute atomic E-state index is 0.415. The molecule has 0 spiro atoms. The predicted octanol–water partition coefficient (Wildman–Crippen LogP) is 2.51. The molecule has 7 heteroatoms. The minimum atomic E-state index is -0.737. The quantitative estimate of drug-likeness (QED) is 0.267. The van der Waals surface area contributed by atoms with E-state index in [4.69, 9.17) is 10.5 Å². The van der Waals surface area contributed by atoms with Crippen molar-refractivity contribution in [2.24, 2.45) is 10.8 Å². The van der Waals surface area contributed by atoms with Crippen LogP contribution < -0.4 is 15.9 Å². The molecule has 2 aromatic carbocycles. The molecule has 2 amide bonds. The van der Waals surface area contributed by atoms with Gasteiger partial charge in [-0.05, 0) is 64.6 Å². The van der Waals surface area contributed by atoms with Crippen LogP contribution in [-0.4, -0.2) is 18.2 Å². The van der Waals surface area contributed by atoms with Crippen LogP contribution in [0.25, 0.3) is 0 Å². The van der Waals surface area contributed by atoms with Crippen LogP contribution in [0.15, 0.2) is 53.6 Å². The predicted molar refractivity (Wildman–Crippen MR) is 90.9 cm³/mol. The van der Waals surface area contributed by atoms with Gasteiger partial charge in [-0.15, -0.1) is 0 Å². The number of amides is 2. The Labute approximate surface area is 140 Å². The van der Waals surface area contributed by atoms with Crippen molar-refractivity contribution in [2.75, 3.05) is 0 Å². The molecular weight excluding hydrogens is 397 g/mol. The van der Waals surface area contributed by atoms with E-state index in [1.807, 2.05) is 12.1 Å². The summed E-state index contributed by atoms with van der Waals surface area (Å²) in [7, 11) is 0. The summed E-state index contributed by atoms with van der Waals surface area (Å²) in [6.07, 6.45) is 1.43. The van der Waals surface area contributed by atoms with Crippen LogP contribution >= 0.6 is 22.6 Å². The van der Waals surface area contributed by atoms with E-state index in [2.05, 4.69) is 33.1 Å². The zero-order chi connectivity index (χ0) is 15.9. The van der Waals surface area contributed by atoms with Crippen molar-refractivity contribution < 1.29 is 14.3 Å². The summed E-state index contributed by atoms with van der Waals surface area (Å²) in [5.41, 5.74) is 8.21. The third kappa shape index (κ3) is 4.55. The number of hydrogen-bond acceptors (Lipinski definition) is 4. The van der Waals surface area contributed by atoms with Gasteiger partial charge in [0.15, 0.2) is 0 Å². The van der Waals surface area contributed by atoms with Crippen molar-refractivity contribution in [3.8, 4) is 5.75 Å². The number of halogens is 1. The maximum atomic E-state index is 12.1. The minimum Gasteiger partial charge on any atom is -0.423 e. The summed E-state index contributed by atoms with van der Waals surface area (Å²) in [4.78, 5) is 22.5. The lowest BCUT2D eigenvalue weighted by atomic mass is 10.2. The van der Waals surface area contributed by atoms with E-state index in [0.29, 0.717) is 11.3 Å². The van der Waals surface area contributed by atoms with E-state index in [1.54, 1.807) is 36.4 Å². The molecule has 0 aliphatic heterocycles. The lowest BCUT2D eigenvalue weighted by Gasteiger charge is -2.06. The number of nitrogens with one attached hydrogen (secondary N) is 1. The maximum absolute atomic E-state index is 12.1. The van der Waals surface area contributed by atoms with Crippen LogP contribution in [0.3, 0.4) is 0 Å². The molecule has 0 bridgehead atoms. The average Bonchev–Trinajstić information content (AvgIpc) is 2.49. The summed E-state index contributed by atoms with van der Waals surface area (Å²) in [6, 6.07) is 13.1. The van der Waals surface area contributed by atoms with Crippen molar-refractivity contribution >= 4 is 40.8 Å². The van der Waals surface area contributed by atoms with Gasteiger partial charge in [-0.1, -0.05) is 12.1 Å². The number of ether oxygens (including phenoxy) is 1. The van der Waals surface area contributed by atoms with Gasteiger partial charge in [0.05, 0.1) is 11.8 Å². The van der Waals surface area contributed by atoms with Gasteiger partial charge in [0.25, 0.3) is 0 Å². The van der Waals surface area contributed by atoms with Crippen molar-refractivity contribution in [1.82, 2.24) is 5.43 Å². The molecule has 22 heavy (non-hydrogen) atoms. The second-order valence-electron chi connectivity index (χ2n) is 4.17. The molecule has 0 saturated carbocycles. The molecule has 2 rings (SSSR count). The van der Waals surface area contributed by atoms with E-state index in [-0.39, 0.29) is 0 Å². The zero-order valence-corrected chi connectivity index (χ0v) is 13.5. The van der Waals surface area contributed by atoms with Gasteiger partial charge in [0.1, 0.15) is 5.75 Å². The molecule has 0 aliphatic carbocycles. The number of rotatable bonds is 4. The second kappa shape index (κ2) is 7.55. The average molecular weight is 409 g/mol. The Morgan fingerprint density at radius 3 is 2.45 bits per heavy atom. The molecule has 112 valence electrons. The Hall–Kier alpha value is -2.42. The summed E-state index contributed by atoms with van der Waals surface area (Å²) >= 11 is 2.08. The van der Waals surface area contributed by atoms with Crippen molar-refractivity contribution in [3.63, 3.8) is 0 Å². The van der Waals surface area contributed by atoms with Crippen LogP contribution in [-0.2, 0) is 0 Å². The standard InChI is InChI=1S/C15H12IN3O3/c16-13-4-2-1-3-12(13)14(20)22-11-7-5-10(6-8-11)9-18-19-15(17)21/h1-9H,(H3,17,19,21). The highest BCUT2D eigenvalue weighted by Crippen LogP contribution is 2.16. The topological polar surface area (TPSA) is 93.8 Å². The number of hydrazone groups is 1. The van der Waals surface area contributed by atoms with Gasteiger partial charge in [0, 0.05) is 3.57 Å². The van der Waals surface area contributed by atoms with Crippen molar-refractivity contribution in [3.05, 3.63) is 63.2 Å². The SMILES string of the molecule is NC(=O)NN=Cc1ccc(OC(=O)c2ccccc2I)cc1. The molecule has 0 aromatic heterocycles. The molecule has 0 atom stereocenters. The van der Waals surface area contributed by atoms with Gasteiger partial charge in [0.2, 0.25) is 0 Å². The molecule has 0 unspecified atom stereocenters.